The van der Waals surface area contributed by atoms with Gasteiger partial charge in [-0.1, -0.05) is 11.6 Å². The van der Waals surface area contributed by atoms with Crippen molar-refractivity contribution in [1.29, 1.82) is 0 Å². The third-order valence-corrected chi connectivity index (χ3v) is 2.57. The number of aromatic hydroxyl groups is 1. The summed E-state index contributed by atoms with van der Waals surface area (Å²) in [6.07, 6.45) is 3.24. The summed E-state index contributed by atoms with van der Waals surface area (Å²) in [4.78, 5) is 15.4. The first-order valence-electron chi connectivity index (χ1n) is 5.26. The van der Waals surface area contributed by atoms with Crippen molar-refractivity contribution in [2.45, 2.75) is 13.0 Å². The average Bonchev–Trinajstić information content (AvgIpc) is 2.84. The Hall–Kier alpha value is -2.08. The van der Waals surface area contributed by atoms with Crippen LogP contribution in [0.15, 0.2) is 30.9 Å². The van der Waals surface area contributed by atoms with E-state index >= 15 is 0 Å². The molecule has 2 N–H and O–H groups in total. The van der Waals surface area contributed by atoms with Crippen LogP contribution in [0.25, 0.3) is 0 Å². The van der Waals surface area contributed by atoms with Gasteiger partial charge >= 0.3 is 0 Å². The largest absolute Gasteiger partial charge is 0.506 e. The van der Waals surface area contributed by atoms with Crippen LogP contribution in [0.5, 0.6) is 5.75 Å². The number of carbonyl (C=O) groups excluding carboxylic acids is 1. The van der Waals surface area contributed by atoms with Gasteiger partial charge in [-0.2, -0.15) is 5.10 Å². The number of hydrogen-bond acceptors (Lipinski definition) is 4. The third-order valence-electron chi connectivity index (χ3n) is 2.27. The smallest absolute Gasteiger partial charge is 0.226 e. The number of nitrogens with one attached hydrogen (secondary N) is 1. The predicted molar refractivity (Wildman–Crippen MR) is 66.4 cm³/mol. The maximum absolute atomic E-state index is 11.6. The molecule has 0 radical (unpaired) electrons. The second-order valence-electron chi connectivity index (χ2n) is 3.62. The quantitative estimate of drug-likeness (QED) is 0.825. The van der Waals surface area contributed by atoms with Crippen LogP contribution < -0.4 is 5.32 Å². The van der Waals surface area contributed by atoms with E-state index in [-0.39, 0.29) is 23.1 Å². The molecule has 1 aromatic carbocycles. The maximum atomic E-state index is 11.6. The summed E-state index contributed by atoms with van der Waals surface area (Å²) in [7, 11) is 0. The molecule has 0 aliphatic carbocycles. The minimum absolute atomic E-state index is 0.0164. The van der Waals surface area contributed by atoms with Crippen LogP contribution in [0.1, 0.15) is 6.42 Å². The maximum Gasteiger partial charge on any atom is 0.226 e. The van der Waals surface area contributed by atoms with E-state index in [1.165, 1.54) is 18.5 Å². The lowest BCUT2D eigenvalue weighted by Gasteiger charge is -2.06. The number of phenols is 1. The van der Waals surface area contributed by atoms with Gasteiger partial charge < -0.3 is 10.4 Å². The number of aryl methyl sites for hydroxylation is 1. The number of benzene rings is 1. The Balaban J connectivity index is 1.88. The fourth-order valence-corrected chi connectivity index (χ4v) is 1.55. The van der Waals surface area contributed by atoms with Gasteiger partial charge in [0, 0.05) is 12.1 Å². The molecule has 0 fully saturated rings. The van der Waals surface area contributed by atoms with Gasteiger partial charge in [0.2, 0.25) is 5.91 Å². The molecule has 2 rings (SSSR count). The first kappa shape index (κ1) is 12.4. The first-order valence-corrected chi connectivity index (χ1v) is 5.64. The van der Waals surface area contributed by atoms with Gasteiger partial charge in [0.1, 0.15) is 18.4 Å². The molecule has 0 unspecified atom stereocenters. The number of aromatic nitrogens is 3. The number of anilines is 1. The van der Waals surface area contributed by atoms with Gasteiger partial charge in [-0.15, -0.1) is 0 Å². The lowest BCUT2D eigenvalue weighted by molar-refractivity contribution is -0.116. The minimum atomic E-state index is -0.160. The van der Waals surface area contributed by atoms with Crippen LogP contribution in [0.2, 0.25) is 5.02 Å². The Bertz CT molecular complexity index is 542. The highest BCUT2D eigenvalue weighted by atomic mass is 35.5. The number of hydrogen-bond donors (Lipinski definition) is 2. The Morgan fingerprint density at radius 1 is 1.50 bits per heavy atom. The number of rotatable bonds is 4. The summed E-state index contributed by atoms with van der Waals surface area (Å²) in [5, 5.41) is 16.0. The zero-order valence-corrected chi connectivity index (χ0v) is 10.1. The van der Waals surface area contributed by atoms with Crippen molar-refractivity contribution in [3.63, 3.8) is 0 Å². The minimum Gasteiger partial charge on any atom is -0.506 e. The molecule has 0 atom stereocenters. The monoisotopic (exact) mass is 266 g/mol. The molecule has 2 aromatic rings. The van der Waals surface area contributed by atoms with Crippen molar-refractivity contribution < 1.29 is 9.90 Å². The van der Waals surface area contributed by atoms with Crippen molar-refractivity contribution in [2.75, 3.05) is 5.32 Å². The molecule has 0 aliphatic rings. The molecule has 0 aliphatic heterocycles. The number of halogens is 1. The second-order valence-corrected chi connectivity index (χ2v) is 4.03. The Morgan fingerprint density at radius 2 is 2.33 bits per heavy atom. The van der Waals surface area contributed by atoms with Crippen molar-refractivity contribution in [1.82, 2.24) is 14.8 Å². The Morgan fingerprint density at radius 3 is 3.00 bits per heavy atom. The van der Waals surface area contributed by atoms with Gasteiger partial charge in [0.05, 0.1) is 11.6 Å². The molecule has 0 saturated carbocycles. The lowest BCUT2D eigenvalue weighted by Crippen LogP contribution is -2.14. The zero-order valence-electron chi connectivity index (χ0n) is 9.38. The van der Waals surface area contributed by atoms with E-state index < -0.39 is 0 Å². The van der Waals surface area contributed by atoms with Crippen LogP contribution in [0, 0.1) is 0 Å². The average molecular weight is 267 g/mol. The summed E-state index contributed by atoms with van der Waals surface area (Å²) in [6.45, 7) is 0.456. The molecule has 0 spiro atoms. The molecular weight excluding hydrogens is 256 g/mol. The Kier molecular flexibility index (Phi) is 3.78. The summed E-state index contributed by atoms with van der Waals surface area (Å²) in [6, 6.07) is 4.49. The van der Waals surface area contributed by atoms with Gasteiger partial charge in [-0.05, 0) is 18.2 Å². The molecule has 1 amide bonds. The zero-order chi connectivity index (χ0) is 13.0. The van der Waals surface area contributed by atoms with Crippen molar-refractivity contribution >= 4 is 23.2 Å². The molecule has 94 valence electrons. The molecule has 6 nitrogen and oxygen atoms in total. The van der Waals surface area contributed by atoms with E-state index in [0.29, 0.717) is 12.2 Å². The highest BCUT2D eigenvalue weighted by molar-refractivity contribution is 6.32. The topological polar surface area (TPSA) is 80.0 Å². The molecule has 0 bridgehead atoms. The number of phenolic OH excluding ortho intramolecular Hbond substituents is 1. The van der Waals surface area contributed by atoms with Crippen molar-refractivity contribution in [3.8, 4) is 5.75 Å². The fraction of sp³-hybridized carbons (Fsp3) is 0.182. The number of carbonyl (C=O) groups is 1. The second kappa shape index (κ2) is 5.50. The standard InChI is InChI=1S/C11H11ClN4O2/c12-9-5-8(1-2-10(9)17)15-11(18)3-4-16-7-13-6-14-16/h1-2,5-7,17H,3-4H2,(H,15,18). The predicted octanol–water partition coefficient (Wildman–Crippen LogP) is 1.67. The van der Waals surface area contributed by atoms with Crippen LogP contribution in [-0.4, -0.2) is 25.8 Å². The summed E-state index contributed by atoms with van der Waals surface area (Å²) >= 11 is 5.73. The van der Waals surface area contributed by atoms with E-state index in [1.807, 2.05) is 0 Å². The van der Waals surface area contributed by atoms with Crippen molar-refractivity contribution in [2.24, 2.45) is 0 Å². The van der Waals surface area contributed by atoms with Crippen LogP contribution in [-0.2, 0) is 11.3 Å². The molecule has 18 heavy (non-hydrogen) atoms. The molecule has 7 heteroatoms. The van der Waals surface area contributed by atoms with E-state index in [2.05, 4.69) is 15.4 Å². The van der Waals surface area contributed by atoms with Gasteiger partial charge in [-0.3, -0.25) is 9.48 Å². The van der Waals surface area contributed by atoms with Crippen LogP contribution in [0.4, 0.5) is 5.69 Å². The Labute approximate surface area is 108 Å². The van der Waals surface area contributed by atoms with Gasteiger partial charge in [0.25, 0.3) is 0 Å². The SMILES string of the molecule is O=C(CCn1cncn1)Nc1ccc(O)c(Cl)c1. The van der Waals surface area contributed by atoms with E-state index in [1.54, 1.807) is 17.1 Å². The van der Waals surface area contributed by atoms with E-state index in [9.17, 15) is 9.90 Å². The highest BCUT2D eigenvalue weighted by Gasteiger charge is 2.05. The summed E-state index contributed by atoms with van der Waals surface area (Å²) < 4.78 is 1.57. The first-order chi connectivity index (χ1) is 8.65. The van der Waals surface area contributed by atoms with Crippen molar-refractivity contribution in [3.05, 3.63) is 35.9 Å². The van der Waals surface area contributed by atoms with Gasteiger partial charge in [0.15, 0.2) is 0 Å². The number of amides is 1. The lowest BCUT2D eigenvalue weighted by atomic mass is 10.3. The van der Waals surface area contributed by atoms with E-state index in [4.69, 9.17) is 11.6 Å². The molecule has 0 saturated heterocycles. The van der Waals surface area contributed by atoms with Crippen LogP contribution >= 0.6 is 11.6 Å². The van der Waals surface area contributed by atoms with Crippen LogP contribution in [0.3, 0.4) is 0 Å². The van der Waals surface area contributed by atoms with E-state index in [0.717, 1.165) is 0 Å². The fourth-order valence-electron chi connectivity index (χ4n) is 1.37. The normalized spacial score (nSPS) is 10.3. The molecular formula is C11H11ClN4O2. The molecule has 1 aromatic heterocycles. The summed E-state index contributed by atoms with van der Waals surface area (Å²) in [5.41, 5.74) is 0.543. The number of nitrogens with zero attached hydrogens (tertiary/aromatic N) is 3. The van der Waals surface area contributed by atoms with Gasteiger partial charge in [-0.25, -0.2) is 4.98 Å². The third kappa shape index (κ3) is 3.21. The summed E-state index contributed by atoms with van der Waals surface area (Å²) in [5.74, 6) is -0.176. The highest BCUT2D eigenvalue weighted by Crippen LogP contribution is 2.26. The molecule has 1 heterocycles.